The standard InChI is InChI=1S/C25H18FN3O6S2/c1-34-18-11-14(6-9-16(18)30)20-19(21(31)17-3-2-10-35-17)22(32)23(33)29(20)24-27-28-25(37-24)36-12-13-4-7-15(26)8-5-13/h2-11,20,30,32H,12H2,1H3. The molecular weight excluding hydrogens is 521 g/mol. The lowest BCUT2D eigenvalue weighted by molar-refractivity contribution is -0.117. The summed E-state index contributed by atoms with van der Waals surface area (Å²) in [5.74, 6) is -2.16. The molecule has 0 spiro atoms. The molecular formula is C25H18FN3O6S2. The molecule has 1 amide bonds. The molecule has 5 rings (SSSR count). The monoisotopic (exact) mass is 539 g/mol. The highest BCUT2D eigenvalue weighted by Crippen LogP contribution is 2.45. The molecule has 4 aromatic rings. The van der Waals surface area contributed by atoms with Gasteiger partial charge in [0.25, 0.3) is 5.91 Å². The number of phenols is 1. The molecule has 2 N–H and O–H groups in total. The van der Waals surface area contributed by atoms with Gasteiger partial charge in [-0.05, 0) is 47.5 Å². The van der Waals surface area contributed by atoms with Gasteiger partial charge in [-0.3, -0.25) is 14.5 Å². The van der Waals surface area contributed by atoms with E-state index in [1.54, 1.807) is 12.1 Å². The van der Waals surface area contributed by atoms with E-state index >= 15 is 0 Å². The minimum atomic E-state index is -1.09. The molecule has 3 heterocycles. The van der Waals surface area contributed by atoms with E-state index < -0.39 is 23.5 Å². The molecule has 12 heteroatoms. The number of hydrogen-bond donors (Lipinski definition) is 2. The van der Waals surface area contributed by atoms with Gasteiger partial charge < -0.3 is 19.4 Å². The zero-order valence-corrected chi connectivity index (χ0v) is 20.8. The topological polar surface area (TPSA) is 126 Å². The molecule has 0 bridgehead atoms. The number of amides is 1. The van der Waals surface area contributed by atoms with Crippen molar-refractivity contribution in [2.75, 3.05) is 12.0 Å². The van der Waals surface area contributed by atoms with Crippen LogP contribution < -0.4 is 9.64 Å². The van der Waals surface area contributed by atoms with Crippen molar-refractivity contribution in [1.82, 2.24) is 10.2 Å². The summed E-state index contributed by atoms with van der Waals surface area (Å²) in [5.41, 5.74) is 1.06. The van der Waals surface area contributed by atoms with E-state index in [2.05, 4.69) is 10.2 Å². The van der Waals surface area contributed by atoms with Crippen LogP contribution in [0.15, 0.2) is 80.9 Å². The number of rotatable bonds is 8. The number of aliphatic hydroxyl groups is 1. The molecule has 2 aromatic carbocycles. The molecule has 188 valence electrons. The first-order chi connectivity index (χ1) is 17.9. The highest BCUT2D eigenvalue weighted by molar-refractivity contribution is 8.00. The van der Waals surface area contributed by atoms with E-state index in [1.807, 2.05) is 0 Å². The van der Waals surface area contributed by atoms with Crippen LogP contribution in [0.4, 0.5) is 9.52 Å². The minimum absolute atomic E-state index is 0.0558. The fourth-order valence-electron chi connectivity index (χ4n) is 3.84. The first kappa shape index (κ1) is 24.5. The average Bonchev–Trinajstić information content (AvgIpc) is 3.65. The number of anilines is 1. The molecule has 2 aromatic heterocycles. The largest absolute Gasteiger partial charge is 0.504 e. The van der Waals surface area contributed by atoms with Crippen LogP contribution >= 0.6 is 23.1 Å². The van der Waals surface area contributed by atoms with Crippen molar-refractivity contribution in [2.45, 2.75) is 16.1 Å². The number of Topliss-reactive ketones (excluding diaryl/α,β-unsaturated/α-hetero) is 1. The van der Waals surface area contributed by atoms with Gasteiger partial charge in [0.05, 0.1) is 25.0 Å². The van der Waals surface area contributed by atoms with Gasteiger partial charge in [-0.15, -0.1) is 10.2 Å². The summed E-state index contributed by atoms with van der Waals surface area (Å²) in [6, 6.07) is 12.3. The fraction of sp³-hybridized carbons (Fsp3) is 0.120. The summed E-state index contributed by atoms with van der Waals surface area (Å²) in [6.45, 7) is 0. The lowest BCUT2D eigenvalue weighted by Crippen LogP contribution is -2.31. The number of carbonyl (C=O) groups excluding carboxylic acids is 2. The van der Waals surface area contributed by atoms with Crippen LogP contribution in [0, 0.1) is 5.82 Å². The minimum Gasteiger partial charge on any atom is -0.504 e. The molecule has 0 saturated heterocycles. The van der Waals surface area contributed by atoms with Crippen LogP contribution in [0.5, 0.6) is 11.5 Å². The summed E-state index contributed by atoms with van der Waals surface area (Å²) in [7, 11) is 1.37. The van der Waals surface area contributed by atoms with Crippen LogP contribution in [-0.4, -0.2) is 39.2 Å². The Morgan fingerprint density at radius 2 is 1.97 bits per heavy atom. The van der Waals surface area contributed by atoms with Gasteiger partial charge in [-0.1, -0.05) is 41.3 Å². The molecule has 1 unspecified atom stereocenters. The number of nitrogens with zero attached hydrogens (tertiary/aromatic N) is 3. The number of ether oxygens (including phenoxy) is 1. The average molecular weight is 540 g/mol. The molecule has 1 aliphatic heterocycles. The summed E-state index contributed by atoms with van der Waals surface area (Å²) < 4.78 is 24.1. The third-order valence-electron chi connectivity index (χ3n) is 5.59. The number of phenolic OH excluding ortho intramolecular Hbond substituents is 1. The third-order valence-corrected chi connectivity index (χ3v) is 7.72. The number of thioether (sulfide) groups is 1. The number of furan rings is 1. The number of halogens is 1. The number of methoxy groups -OCH3 is 1. The maximum absolute atomic E-state index is 13.3. The number of ketones is 1. The van der Waals surface area contributed by atoms with Crippen molar-refractivity contribution in [3.8, 4) is 11.5 Å². The summed E-state index contributed by atoms with van der Waals surface area (Å²) in [6.07, 6.45) is 1.31. The summed E-state index contributed by atoms with van der Waals surface area (Å²) >= 11 is 2.44. The highest BCUT2D eigenvalue weighted by atomic mass is 32.2. The first-order valence-electron chi connectivity index (χ1n) is 10.8. The molecule has 37 heavy (non-hydrogen) atoms. The molecule has 0 radical (unpaired) electrons. The highest BCUT2D eigenvalue weighted by Gasteiger charge is 2.47. The zero-order valence-electron chi connectivity index (χ0n) is 19.1. The van der Waals surface area contributed by atoms with Crippen LogP contribution in [0.25, 0.3) is 0 Å². The van der Waals surface area contributed by atoms with Crippen molar-refractivity contribution in [3.05, 3.63) is 94.9 Å². The Morgan fingerprint density at radius 1 is 1.19 bits per heavy atom. The number of aliphatic hydroxyl groups excluding tert-OH is 1. The molecule has 1 aliphatic rings. The van der Waals surface area contributed by atoms with E-state index in [1.165, 1.54) is 72.5 Å². The van der Waals surface area contributed by atoms with Crippen molar-refractivity contribution >= 4 is 39.9 Å². The number of aromatic hydroxyl groups is 1. The lowest BCUT2D eigenvalue weighted by atomic mass is 9.95. The number of carbonyl (C=O) groups is 2. The summed E-state index contributed by atoms with van der Waals surface area (Å²) in [5, 5.41) is 29.3. The van der Waals surface area contributed by atoms with E-state index in [-0.39, 0.29) is 33.8 Å². The van der Waals surface area contributed by atoms with Crippen LogP contribution in [-0.2, 0) is 10.5 Å². The fourth-order valence-corrected chi connectivity index (χ4v) is 5.66. The Balaban J connectivity index is 1.51. The number of hydrogen-bond acceptors (Lipinski definition) is 10. The van der Waals surface area contributed by atoms with E-state index in [9.17, 15) is 24.2 Å². The molecule has 9 nitrogen and oxygen atoms in total. The zero-order chi connectivity index (χ0) is 26.1. The Morgan fingerprint density at radius 3 is 2.68 bits per heavy atom. The Bertz CT molecular complexity index is 1500. The predicted octanol–water partition coefficient (Wildman–Crippen LogP) is 5.06. The van der Waals surface area contributed by atoms with E-state index in [4.69, 9.17) is 9.15 Å². The second-order valence-electron chi connectivity index (χ2n) is 7.84. The van der Waals surface area contributed by atoms with Gasteiger partial charge in [0, 0.05) is 5.75 Å². The van der Waals surface area contributed by atoms with Crippen molar-refractivity contribution in [1.29, 1.82) is 0 Å². The quantitative estimate of drug-likeness (QED) is 0.179. The molecule has 0 fully saturated rings. The van der Waals surface area contributed by atoms with Gasteiger partial charge in [-0.25, -0.2) is 4.39 Å². The first-order valence-corrected chi connectivity index (χ1v) is 12.6. The Hall–Kier alpha value is -4.16. The predicted molar refractivity (Wildman–Crippen MR) is 133 cm³/mol. The van der Waals surface area contributed by atoms with Gasteiger partial charge >= 0.3 is 0 Å². The maximum atomic E-state index is 13.3. The van der Waals surface area contributed by atoms with Crippen LogP contribution in [0.3, 0.4) is 0 Å². The van der Waals surface area contributed by atoms with Crippen molar-refractivity contribution in [3.63, 3.8) is 0 Å². The SMILES string of the molecule is COc1cc(C2C(C(=O)c3ccco3)=C(O)C(=O)N2c2nnc(SCc3ccc(F)cc3)s2)ccc1O. The normalized spacial score (nSPS) is 15.5. The van der Waals surface area contributed by atoms with Crippen molar-refractivity contribution < 1.29 is 33.3 Å². The number of benzene rings is 2. The van der Waals surface area contributed by atoms with E-state index in [0.717, 1.165) is 16.9 Å². The lowest BCUT2D eigenvalue weighted by Gasteiger charge is -2.24. The molecule has 0 saturated carbocycles. The van der Waals surface area contributed by atoms with Gasteiger partial charge in [0.2, 0.25) is 10.9 Å². The van der Waals surface area contributed by atoms with Crippen LogP contribution in [0.1, 0.15) is 27.7 Å². The number of aromatic nitrogens is 2. The Labute approximate surface area is 217 Å². The van der Waals surface area contributed by atoms with Gasteiger partial charge in [-0.2, -0.15) is 0 Å². The molecule has 0 aliphatic carbocycles. The second-order valence-corrected chi connectivity index (χ2v) is 10.0. The Kier molecular flexibility index (Phi) is 6.68. The van der Waals surface area contributed by atoms with E-state index in [0.29, 0.717) is 15.7 Å². The van der Waals surface area contributed by atoms with Gasteiger partial charge in [0.1, 0.15) is 5.82 Å². The van der Waals surface area contributed by atoms with Gasteiger partial charge in [0.15, 0.2) is 27.4 Å². The second kappa shape index (κ2) is 10.1. The maximum Gasteiger partial charge on any atom is 0.296 e. The summed E-state index contributed by atoms with van der Waals surface area (Å²) in [4.78, 5) is 27.7. The smallest absolute Gasteiger partial charge is 0.296 e. The molecule has 1 atom stereocenters. The third kappa shape index (κ3) is 4.68. The van der Waals surface area contributed by atoms with Crippen LogP contribution in [0.2, 0.25) is 0 Å². The van der Waals surface area contributed by atoms with Crippen molar-refractivity contribution in [2.24, 2.45) is 0 Å².